The third-order valence-corrected chi connectivity index (χ3v) is 2.10. The van der Waals surface area contributed by atoms with Crippen LogP contribution in [0.2, 0.25) is 0 Å². The molecule has 0 amide bonds. The van der Waals surface area contributed by atoms with Crippen molar-refractivity contribution >= 4 is 7.85 Å². The van der Waals surface area contributed by atoms with Crippen molar-refractivity contribution in [1.29, 1.82) is 0 Å². The van der Waals surface area contributed by atoms with E-state index in [9.17, 15) is 0 Å². The number of rotatable bonds is 4. The third-order valence-electron chi connectivity index (χ3n) is 2.10. The fraction of sp³-hybridized carbons (Fsp3) is 0.778. The quantitative estimate of drug-likeness (QED) is 0.429. The van der Waals surface area contributed by atoms with E-state index < -0.39 is 0 Å². The van der Waals surface area contributed by atoms with Gasteiger partial charge in [0, 0.05) is 13.1 Å². The first-order valence-corrected chi connectivity index (χ1v) is 4.47. The third kappa shape index (κ3) is 3.04. The molecule has 1 rings (SSSR count). The molecule has 0 saturated carbocycles. The van der Waals surface area contributed by atoms with Crippen LogP contribution in [0.3, 0.4) is 0 Å². The summed E-state index contributed by atoms with van der Waals surface area (Å²) < 4.78 is 16.1. The lowest BCUT2D eigenvalue weighted by Gasteiger charge is -2.16. The molecule has 0 aromatic carbocycles. The Kier molecular flexibility index (Phi) is 4.30. The molecule has 1 aliphatic rings. The normalized spacial score (nSPS) is 33.1. The molecule has 4 heteroatoms. The summed E-state index contributed by atoms with van der Waals surface area (Å²) in [5, 5.41) is 0. The van der Waals surface area contributed by atoms with Crippen molar-refractivity contribution in [3.63, 3.8) is 0 Å². The highest BCUT2D eigenvalue weighted by atomic mass is 16.6. The van der Waals surface area contributed by atoms with Crippen LogP contribution in [-0.4, -0.2) is 46.4 Å². The molecule has 3 atom stereocenters. The van der Waals surface area contributed by atoms with Crippen molar-refractivity contribution in [3.8, 4) is 12.3 Å². The molecule has 72 valence electrons. The first-order valence-electron chi connectivity index (χ1n) is 4.47. The predicted molar refractivity (Wildman–Crippen MR) is 52.3 cm³/mol. The molecule has 1 heterocycles. The van der Waals surface area contributed by atoms with Crippen LogP contribution in [0.1, 0.15) is 6.42 Å². The molecular weight excluding hydrogens is 167 g/mol. The number of ether oxygens (including phenoxy) is 3. The maximum atomic E-state index is 5.59. The molecule has 0 aliphatic carbocycles. The summed E-state index contributed by atoms with van der Waals surface area (Å²) >= 11 is 0. The number of hydrogen-bond acceptors (Lipinski definition) is 3. The second-order valence-corrected chi connectivity index (χ2v) is 3.23. The van der Waals surface area contributed by atoms with Gasteiger partial charge in [-0.3, -0.25) is 0 Å². The monoisotopic (exact) mass is 182 g/mol. The van der Waals surface area contributed by atoms with Crippen LogP contribution in [0.4, 0.5) is 0 Å². The van der Waals surface area contributed by atoms with Crippen molar-refractivity contribution in [1.82, 2.24) is 0 Å². The van der Waals surface area contributed by atoms with Gasteiger partial charge in [0.2, 0.25) is 0 Å². The molecule has 0 bridgehead atoms. The Morgan fingerprint density at radius 1 is 1.69 bits per heavy atom. The molecule has 0 spiro atoms. The Morgan fingerprint density at radius 3 is 3.08 bits per heavy atom. The lowest BCUT2D eigenvalue weighted by atomic mass is 9.96. The van der Waals surface area contributed by atoms with Gasteiger partial charge in [-0.2, -0.15) is 0 Å². The summed E-state index contributed by atoms with van der Waals surface area (Å²) in [4.78, 5) is 0. The molecular formula is C9H15BO3. The van der Waals surface area contributed by atoms with Crippen LogP contribution >= 0.6 is 0 Å². The van der Waals surface area contributed by atoms with Crippen molar-refractivity contribution in [3.05, 3.63) is 0 Å². The van der Waals surface area contributed by atoms with Gasteiger partial charge in [-0.1, -0.05) is 5.92 Å². The van der Waals surface area contributed by atoms with Gasteiger partial charge >= 0.3 is 0 Å². The van der Waals surface area contributed by atoms with Gasteiger partial charge in [-0.05, 0) is 6.42 Å². The Hall–Kier alpha value is -0.495. The Bertz CT molecular complexity index is 190. The molecule has 0 aromatic rings. The Labute approximate surface area is 80.1 Å². The van der Waals surface area contributed by atoms with E-state index in [-0.39, 0.29) is 18.2 Å². The van der Waals surface area contributed by atoms with Crippen LogP contribution in [0, 0.1) is 12.3 Å². The summed E-state index contributed by atoms with van der Waals surface area (Å²) in [7, 11) is 3.69. The second-order valence-electron chi connectivity index (χ2n) is 3.23. The van der Waals surface area contributed by atoms with Gasteiger partial charge in [0.05, 0.1) is 12.7 Å². The fourth-order valence-corrected chi connectivity index (χ4v) is 1.56. The molecule has 1 aliphatic heterocycles. The maximum absolute atomic E-state index is 5.59. The van der Waals surface area contributed by atoms with E-state index >= 15 is 0 Å². The lowest BCUT2D eigenvalue weighted by molar-refractivity contribution is -0.0384. The lowest BCUT2D eigenvalue weighted by Crippen LogP contribution is -2.28. The molecule has 13 heavy (non-hydrogen) atoms. The minimum atomic E-state index is 0.0355. The minimum Gasteiger partial charge on any atom is -0.382 e. The van der Waals surface area contributed by atoms with Crippen LogP contribution in [-0.2, 0) is 14.2 Å². The van der Waals surface area contributed by atoms with Crippen molar-refractivity contribution in [2.45, 2.75) is 24.6 Å². The standard InChI is InChI=1S/C9H15BO3/c1-3-4-12-7-5-9(10)13-8(7)6-11-2/h1,7-9H,4-6,10H2,2H3/t7-,8-,9-/m1/s1. The smallest absolute Gasteiger partial charge is 0.139 e. The Morgan fingerprint density at radius 2 is 2.46 bits per heavy atom. The van der Waals surface area contributed by atoms with Crippen molar-refractivity contribution in [2.75, 3.05) is 20.3 Å². The van der Waals surface area contributed by atoms with Crippen LogP contribution in [0.25, 0.3) is 0 Å². The first-order chi connectivity index (χ1) is 6.27. The zero-order valence-electron chi connectivity index (χ0n) is 8.16. The molecule has 3 nitrogen and oxygen atoms in total. The molecule has 0 radical (unpaired) electrons. The van der Waals surface area contributed by atoms with Crippen LogP contribution in [0.15, 0.2) is 0 Å². The highest BCUT2D eigenvalue weighted by Gasteiger charge is 2.33. The highest BCUT2D eigenvalue weighted by molar-refractivity contribution is 6.11. The highest BCUT2D eigenvalue weighted by Crippen LogP contribution is 2.21. The average Bonchev–Trinajstić information content (AvgIpc) is 2.44. The van der Waals surface area contributed by atoms with E-state index in [1.807, 2.05) is 7.85 Å². The van der Waals surface area contributed by atoms with E-state index in [1.54, 1.807) is 7.11 Å². The minimum absolute atomic E-state index is 0.0355. The number of hydrogen-bond donors (Lipinski definition) is 0. The average molecular weight is 182 g/mol. The fourth-order valence-electron chi connectivity index (χ4n) is 1.56. The molecule has 0 unspecified atom stereocenters. The van der Waals surface area contributed by atoms with E-state index in [2.05, 4.69) is 5.92 Å². The van der Waals surface area contributed by atoms with Crippen LogP contribution in [0.5, 0.6) is 0 Å². The molecule has 1 saturated heterocycles. The largest absolute Gasteiger partial charge is 0.382 e. The van der Waals surface area contributed by atoms with Gasteiger partial charge < -0.3 is 14.2 Å². The van der Waals surface area contributed by atoms with Crippen molar-refractivity contribution < 1.29 is 14.2 Å². The van der Waals surface area contributed by atoms with Crippen LogP contribution < -0.4 is 0 Å². The van der Waals surface area contributed by atoms with Crippen molar-refractivity contribution in [2.24, 2.45) is 0 Å². The molecule has 0 N–H and O–H groups in total. The molecule has 0 aromatic heterocycles. The van der Waals surface area contributed by atoms with E-state index in [4.69, 9.17) is 20.6 Å². The topological polar surface area (TPSA) is 27.7 Å². The van der Waals surface area contributed by atoms with Gasteiger partial charge in [0.25, 0.3) is 0 Å². The van der Waals surface area contributed by atoms with Gasteiger partial charge in [0.1, 0.15) is 20.6 Å². The number of terminal acetylenes is 1. The predicted octanol–water partition coefficient (Wildman–Crippen LogP) is -0.601. The van der Waals surface area contributed by atoms with Gasteiger partial charge in [-0.15, -0.1) is 6.42 Å². The van der Waals surface area contributed by atoms with Gasteiger partial charge in [-0.25, -0.2) is 0 Å². The molecule has 1 fully saturated rings. The zero-order chi connectivity index (χ0) is 9.68. The van der Waals surface area contributed by atoms with E-state index in [1.165, 1.54) is 0 Å². The summed E-state index contributed by atoms with van der Waals surface area (Å²) in [6.07, 6.45) is 6.14. The Balaban J connectivity index is 2.37. The first kappa shape index (κ1) is 10.6. The maximum Gasteiger partial charge on any atom is 0.139 e. The summed E-state index contributed by atoms with van der Waals surface area (Å²) in [5.41, 5.74) is 0. The summed E-state index contributed by atoms with van der Waals surface area (Å²) in [6, 6.07) is 0.239. The van der Waals surface area contributed by atoms with Gasteiger partial charge in [0.15, 0.2) is 0 Å². The SMILES string of the molecule is B[C@H]1C[C@@H](OCC#C)[C@@H](COC)O1. The number of methoxy groups -OCH3 is 1. The summed E-state index contributed by atoms with van der Waals surface area (Å²) in [5.74, 6) is 2.45. The second kappa shape index (κ2) is 5.28. The zero-order valence-corrected chi connectivity index (χ0v) is 8.16. The van der Waals surface area contributed by atoms with E-state index in [0.29, 0.717) is 13.2 Å². The summed E-state index contributed by atoms with van der Waals surface area (Å²) in [6.45, 7) is 0.917. The van der Waals surface area contributed by atoms with E-state index in [0.717, 1.165) is 6.42 Å².